The summed E-state index contributed by atoms with van der Waals surface area (Å²) in [5, 5.41) is 0. The molecule has 0 aromatic heterocycles. The van der Waals surface area contributed by atoms with Crippen LogP contribution in [0.25, 0.3) is 0 Å². The molecule has 0 spiro atoms. The summed E-state index contributed by atoms with van der Waals surface area (Å²) in [6.45, 7) is 0. The van der Waals surface area contributed by atoms with Crippen molar-refractivity contribution in [2.24, 2.45) is 0 Å². The van der Waals surface area contributed by atoms with Gasteiger partial charge in [0.2, 0.25) is 0 Å². The molecule has 1 nitrogen and oxygen atoms in total. The molecule has 0 heterocycles. The van der Waals surface area contributed by atoms with E-state index in [2.05, 4.69) is 34.9 Å². The first-order valence-electron chi connectivity index (χ1n) is 4.01. The van der Waals surface area contributed by atoms with Crippen LogP contribution in [0.1, 0.15) is 32.1 Å². The molecular formula is C8H16BrN. The number of nitrogens with zero attached hydrogens (tertiary/aromatic N) is 1. The average Bonchev–Trinajstić information content (AvgIpc) is 1.89. The van der Waals surface area contributed by atoms with Gasteiger partial charge in [0.15, 0.2) is 0 Å². The van der Waals surface area contributed by atoms with Crippen LogP contribution in [0.4, 0.5) is 0 Å². The van der Waals surface area contributed by atoms with Crippen molar-refractivity contribution in [1.82, 2.24) is 4.90 Å². The van der Waals surface area contributed by atoms with Gasteiger partial charge in [0, 0.05) is 0 Å². The first-order valence-corrected chi connectivity index (χ1v) is 4.81. The number of alkyl halides is 1. The van der Waals surface area contributed by atoms with Gasteiger partial charge in [0.05, 0.1) is 4.45 Å². The summed E-state index contributed by atoms with van der Waals surface area (Å²) in [7, 11) is 4.31. The highest BCUT2D eigenvalue weighted by atomic mass is 79.9. The van der Waals surface area contributed by atoms with Crippen molar-refractivity contribution in [2.75, 3.05) is 14.1 Å². The van der Waals surface area contributed by atoms with Gasteiger partial charge >= 0.3 is 0 Å². The lowest BCUT2D eigenvalue weighted by molar-refractivity contribution is 0.202. The minimum Gasteiger partial charge on any atom is -0.295 e. The molecule has 0 N–H and O–H groups in total. The van der Waals surface area contributed by atoms with Gasteiger partial charge in [-0.25, -0.2) is 0 Å². The number of hydrogen-bond acceptors (Lipinski definition) is 1. The van der Waals surface area contributed by atoms with Crippen molar-refractivity contribution in [1.29, 1.82) is 0 Å². The predicted molar refractivity (Wildman–Crippen MR) is 48.4 cm³/mol. The minimum atomic E-state index is 0.325. The third kappa shape index (κ3) is 1.73. The van der Waals surface area contributed by atoms with Gasteiger partial charge in [-0.2, -0.15) is 0 Å². The van der Waals surface area contributed by atoms with E-state index in [4.69, 9.17) is 0 Å². The van der Waals surface area contributed by atoms with Crippen molar-refractivity contribution >= 4 is 15.9 Å². The van der Waals surface area contributed by atoms with Crippen molar-refractivity contribution in [2.45, 2.75) is 36.6 Å². The van der Waals surface area contributed by atoms with Crippen LogP contribution >= 0.6 is 15.9 Å². The predicted octanol–water partition coefficient (Wildman–Crippen LogP) is 2.60. The molecule has 0 unspecified atom stereocenters. The number of hydrogen-bond donors (Lipinski definition) is 0. The lowest BCUT2D eigenvalue weighted by Crippen LogP contribution is -2.39. The van der Waals surface area contributed by atoms with Gasteiger partial charge in [-0.3, -0.25) is 4.90 Å². The Morgan fingerprint density at radius 3 is 1.90 bits per heavy atom. The zero-order valence-electron chi connectivity index (χ0n) is 6.86. The number of halogens is 1. The Bertz CT molecular complexity index is 106. The zero-order valence-corrected chi connectivity index (χ0v) is 8.45. The Hall–Kier alpha value is 0.440. The molecule has 60 valence electrons. The van der Waals surface area contributed by atoms with Crippen molar-refractivity contribution in [3.63, 3.8) is 0 Å². The molecule has 1 aliphatic carbocycles. The van der Waals surface area contributed by atoms with E-state index in [1.165, 1.54) is 32.1 Å². The van der Waals surface area contributed by atoms with Crippen LogP contribution < -0.4 is 0 Å². The van der Waals surface area contributed by atoms with Crippen molar-refractivity contribution in [3.05, 3.63) is 0 Å². The summed E-state index contributed by atoms with van der Waals surface area (Å²) in [6.07, 6.45) is 6.79. The minimum absolute atomic E-state index is 0.325. The summed E-state index contributed by atoms with van der Waals surface area (Å²) >= 11 is 3.79. The fourth-order valence-electron chi connectivity index (χ4n) is 1.54. The van der Waals surface area contributed by atoms with Gasteiger partial charge in [0.25, 0.3) is 0 Å². The molecule has 0 amide bonds. The summed E-state index contributed by atoms with van der Waals surface area (Å²) in [5.74, 6) is 0. The van der Waals surface area contributed by atoms with Gasteiger partial charge in [0.1, 0.15) is 0 Å². The molecule has 0 saturated heterocycles. The van der Waals surface area contributed by atoms with Gasteiger partial charge in [-0.1, -0.05) is 35.2 Å². The largest absolute Gasteiger partial charge is 0.295 e. The van der Waals surface area contributed by atoms with E-state index in [-0.39, 0.29) is 0 Å². The molecule has 0 aromatic rings. The second-order valence-electron chi connectivity index (χ2n) is 3.37. The van der Waals surface area contributed by atoms with Gasteiger partial charge < -0.3 is 0 Å². The monoisotopic (exact) mass is 205 g/mol. The maximum atomic E-state index is 3.79. The maximum absolute atomic E-state index is 3.79. The highest BCUT2D eigenvalue weighted by molar-refractivity contribution is 9.10. The Balaban J connectivity index is 2.48. The number of rotatable bonds is 1. The van der Waals surface area contributed by atoms with E-state index in [9.17, 15) is 0 Å². The zero-order chi connectivity index (χ0) is 7.61. The molecule has 0 atom stereocenters. The van der Waals surface area contributed by atoms with Crippen molar-refractivity contribution in [3.8, 4) is 0 Å². The summed E-state index contributed by atoms with van der Waals surface area (Å²) in [6, 6.07) is 0. The molecule has 1 saturated carbocycles. The highest BCUT2D eigenvalue weighted by Crippen LogP contribution is 2.36. The van der Waals surface area contributed by atoms with Crippen LogP contribution in [0.5, 0.6) is 0 Å². The van der Waals surface area contributed by atoms with E-state index < -0.39 is 0 Å². The molecule has 0 bridgehead atoms. The van der Waals surface area contributed by atoms with Crippen molar-refractivity contribution < 1.29 is 0 Å². The lowest BCUT2D eigenvalue weighted by Gasteiger charge is -2.37. The van der Waals surface area contributed by atoms with Crippen LogP contribution in [0, 0.1) is 0 Å². The fraction of sp³-hybridized carbons (Fsp3) is 1.00. The molecule has 1 aliphatic rings. The topological polar surface area (TPSA) is 3.24 Å². The molecule has 0 radical (unpaired) electrons. The first kappa shape index (κ1) is 8.54. The van der Waals surface area contributed by atoms with Crippen LogP contribution in [0.2, 0.25) is 0 Å². The molecule has 2 heteroatoms. The summed E-state index contributed by atoms with van der Waals surface area (Å²) in [4.78, 5) is 2.30. The van der Waals surface area contributed by atoms with Gasteiger partial charge in [-0.05, 0) is 26.9 Å². The van der Waals surface area contributed by atoms with Crippen LogP contribution in [0.15, 0.2) is 0 Å². The summed E-state index contributed by atoms with van der Waals surface area (Å²) < 4.78 is 0.325. The third-order valence-electron chi connectivity index (χ3n) is 2.42. The Morgan fingerprint density at radius 2 is 1.60 bits per heavy atom. The molecule has 1 fully saturated rings. The second-order valence-corrected chi connectivity index (χ2v) is 4.85. The van der Waals surface area contributed by atoms with E-state index in [0.717, 1.165) is 0 Å². The van der Waals surface area contributed by atoms with Crippen LogP contribution in [-0.4, -0.2) is 23.4 Å². The Labute approximate surface area is 71.9 Å². The van der Waals surface area contributed by atoms with E-state index in [1.54, 1.807) is 0 Å². The SMILES string of the molecule is CN(C)C1(Br)CCCCC1. The quantitative estimate of drug-likeness (QED) is 0.470. The summed E-state index contributed by atoms with van der Waals surface area (Å²) in [5.41, 5.74) is 0. The van der Waals surface area contributed by atoms with E-state index in [0.29, 0.717) is 4.45 Å². The Kier molecular flexibility index (Phi) is 2.75. The third-order valence-corrected chi connectivity index (χ3v) is 3.92. The van der Waals surface area contributed by atoms with Crippen LogP contribution in [-0.2, 0) is 0 Å². The molecular weight excluding hydrogens is 190 g/mol. The van der Waals surface area contributed by atoms with E-state index >= 15 is 0 Å². The molecule has 0 aromatic carbocycles. The van der Waals surface area contributed by atoms with E-state index in [1.807, 2.05) is 0 Å². The maximum Gasteiger partial charge on any atom is 0.0762 e. The standard InChI is InChI=1S/C8H16BrN/c1-10(2)8(9)6-4-3-5-7-8/h3-7H2,1-2H3. The smallest absolute Gasteiger partial charge is 0.0762 e. The van der Waals surface area contributed by atoms with Gasteiger partial charge in [-0.15, -0.1) is 0 Å². The normalized spacial score (nSPS) is 25.2. The first-order chi connectivity index (χ1) is 4.65. The Morgan fingerprint density at radius 1 is 1.10 bits per heavy atom. The second kappa shape index (κ2) is 3.22. The lowest BCUT2D eigenvalue weighted by atomic mass is 9.95. The highest BCUT2D eigenvalue weighted by Gasteiger charge is 2.30. The molecule has 0 aliphatic heterocycles. The van der Waals surface area contributed by atoms with Crippen LogP contribution in [0.3, 0.4) is 0 Å². The molecule has 10 heavy (non-hydrogen) atoms. The molecule has 1 rings (SSSR count). The fourth-order valence-corrected chi connectivity index (χ4v) is 2.10. The average molecular weight is 206 g/mol.